The lowest BCUT2D eigenvalue weighted by molar-refractivity contribution is 1.07. The van der Waals surface area contributed by atoms with E-state index in [0.29, 0.717) is 17.5 Å². The van der Waals surface area contributed by atoms with Gasteiger partial charge in [-0.1, -0.05) is 158 Å². The predicted octanol–water partition coefficient (Wildman–Crippen LogP) is 14.0. The maximum Gasteiger partial charge on any atom is 0.164 e. The second kappa shape index (κ2) is 13.3. The summed E-state index contributed by atoms with van der Waals surface area (Å²) in [6, 6.07) is 68.7. The van der Waals surface area contributed by atoms with Crippen LogP contribution in [-0.2, 0) is 0 Å². The Bertz CT molecular complexity index is 3040. The third kappa shape index (κ3) is 5.40. The Balaban J connectivity index is 1.08. The van der Waals surface area contributed by atoms with Crippen molar-refractivity contribution >= 4 is 49.3 Å². The number of thiophene rings is 1. The molecule has 0 saturated heterocycles. The second-order valence-electron chi connectivity index (χ2n) is 14.0. The molecule has 0 saturated carbocycles. The first-order valence-corrected chi connectivity index (χ1v) is 19.6. The van der Waals surface area contributed by atoms with Crippen LogP contribution in [0.25, 0.3) is 87.7 Å². The van der Waals surface area contributed by atoms with Gasteiger partial charge in [-0.3, -0.25) is 0 Å². The normalized spacial score (nSPS) is 11.9. The molecule has 1 aliphatic heterocycles. The number of aromatic nitrogens is 3. The maximum atomic E-state index is 5.02. The van der Waals surface area contributed by atoms with E-state index < -0.39 is 0 Å². The van der Waals surface area contributed by atoms with Gasteiger partial charge in [0.05, 0.1) is 11.4 Å². The third-order valence-corrected chi connectivity index (χ3v) is 11.8. The second-order valence-corrected chi connectivity index (χ2v) is 15.1. The number of hydrogen-bond donors (Lipinski definition) is 0. The van der Waals surface area contributed by atoms with Crippen LogP contribution in [0.15, 0.2) is 194 Å². The first kappa shape index (κ1) is 32.2. The van der Waals surface area contributed by atoms with Gasteiger partial charge in [0.25, 0.3) is 0 Å². The van der Waals surface area contributed by atoms with Gasteiger partial charge in [-0.2, -0.15) is 0 Å². The molecule has 0 spiro atoms. The molecule has 2 aromatic heterocycles. The molecule has 8 aromatic carbocycles. The summed E-state index contributed by atoms with van der Waals surface area (Å²) in [6.45, 7) is 0. The van der Waals surface area contributed by atoms with Crippen LogP contribution in [0.3, 0.4) is 0 Å². The Hall–Kier alpha value is -7.21. The summed E-state index contributed by atoms with van der Waals surface area (Å²) in [5.74, 6) is 1.93. The smallest absolute Gasteiger partial charge is 0.164 e. The summed E-state index contributed by atoms with van der Waals surface area (Å²) in [4.78, 5) is 18.7. The minimum atomic E-state index is 0.635. The first-order valence-electron chi connectivity index (χ1n) is 18.8. The standard InChI is InChI=1S/C51H32N4S/c1-3-16-34(17-4-1)49-52-50(35-18-5-2-6-19-35)54-51(53-49)38-22-13-20-36(31-38)37-21-14-23-39(32-37)55-43-27-11-9-25-41(43)48-47(42-26-10-12-28-45(42)56-48)46-40-24-8-7-15-33(40)29-30-44(46)55/h1-32H. The first-order chi connectivity index (χ1) is 27.8. The van der Waals surface area contributed by atoms with Crippen LogP contribution in [0.5, 0.6) is 0 Å². The van der Waals surface area contributed by atoms with Crippen molar-refractivity contribution in [1.29, 1.82) is 0 Å². The fourth-order valence-corrected chi connectivity index (χ4v) is 9.30. The lowest BCUT2D eigenvalue weighted by Gasteiger charge is -2.28. The fraction of sp³-hybridized carbons (Fsp3) is 0. The number of fused-ring (bicyclic) bond motifs is 9. The van der Waals surface area contributed by atoms with Crippen LogP contribution in [0.2, 0.25) is 0 Å². The van der Waals surface area contributed by atoms with E-state index in [1.807, 2.05) is 72.0 Å². The number of nitrogens with zero attached hydrogens (tertiary/aromatic N) is 4. The highest BCUT2D eigenvalue weighted by atomic mass is 32.1. The molecular formula is C51H32N4S. The molecular weight excluding hydrogens is 701 g/mol. The molecule has 0 aliphatic carbocycles. The van der Waals surface area contributed by atoms with Crippen molar-refractivity contribution in [2.75, 3.05) is 4.90 Å². The third-order valence-electron chi connectivity index (χ3n) is 10.6. The monoisotopic (exact) mass is 732 g/mol. The van der Waals surface area contributed by atoms with E-state index in [0.717, 1.165) is 44.9 Å². The van der Waals surface area contributed by atoms with Crippen molar-refractivity contribution in [2.24, 2.45) is 0 Å². The molecule has 0 unspecified atom stereocenters. The highest BCUT2D eigenvalue weighted by Crippen LogP contribution is 2.57. The Morgan fingerprint density at radius 2 is 0.946 bits per heavy atom. The van der Waals surface area contributed by atoms with Crippen molar-refractivity contribution in [1.82, 2.24) is 15.0 Å². The van der Waals surface area contributed by atoms with E-state index in [9.17, 15) is 0 Å². The zero-order valence-electron chi connectivity index (χ0n) is 30.2. The van der Waals surface area contributed by atoms with Gasteiger partial charge in [0.15, 0.2) is 17.5 Å². The van der Waals surface area contributed by atoms with Crippen molar-refractivity contribution in [3.05, 3.63) is 194 Å². The summed E-state index contributed by atoms with van der Waals surface area (Å²) in [5.41, 5.74) is 12.2. The predicted molar refractivity (Wildman–Crippen MR) is 234 cm³/mol. The molecule has 0 atom stereocenters. The average molecular weight is 733 g/mol. The zero-order chi connectivity index (χ0) is 37.0. The lowest BCUT2D eigenvalue weighted by atomic mass is 9.93. The molecule has 1 aliphatic rings. The average Bonchev–Trinajstić information content (AvgIpc) is 3.60. The van der Waals surface area contributed by atoms with Crippen molar-refractivity contribution < 1.29 is 0 Å². The molecule has 0 radical (unpaired) electrons. The van der Waals surface area contributed by atoms with Gasteiger partial charge in [0, 0.05) is 54.0 Å². The summed E-state index contributed by atoms with van der Waals surface area (Å²) >= 11 is 1.88. The molecule has 0 N–H and O–H groups in total. The summed E-state index contributed by atoms with van der Waals surface area (Å²) < 4.78 is 1.30. The molecule has 0 fully saturated rings. The van der Waals surface area contributed by atoms with E-state index in [2.05, 4.69) is 138 Å². The highest BCUT2D eigenvalue weighted by molar-refractivity contribution is 7.23. The van der Waals surface area contributed by atoms with Gasteiger partial charge in [0.2, 0.25) is 0 Å². The number of benzene rings is 8. The molecule has 3 heterocycles. The molecule has 0 amide bonds. The topological polar surface area (TPSA) is 41.9 Å². The van der Waals surface area contributed by atoms with Gasteiger partial charge in [-0.25, -0.2) is 15.0 Å². The lowest BCUT2D eigenvalue weighted by Crippen LogP contribution is -2.11. The number of anilines is 3. The van der Waals surface area contributed by atoms with Crippen molar-refractivity contribution in [2.45, 2.75) is 0 Å². The molecule has 5 heteroatoms. The Morgan fingerprint density at radius 1 is 0.375 bits per heavy atom. The van der Waals surface area contributed by atoms with Gasteiger partial charge in [-0.05, 0) is 58.3 Å². The quantitative estimate of drug-likeness (QED) is 0.177. The van der Waals surface area contributed by atoms with Crippen molar-refractivity contribution in [3.8, 4) is 66.9 Å². The van der Waals surface area contributed by atoms with Gasteiger partial charge in [0.1, 0.15) is 0 Å². The molecule has 4 nitrogen and oxygen atoms in total. The van der Waals surface area contributed by atoms with E-state index in [1.54, 1.807) is 0 Å². The van der Waals surface area contributed by atoms with Crippen LogP contribution < -0.4 is 4.90 Å². The number of hydrogen-bond acceptors (Lipinski definition) is 5. The molecule has 262 valence electrons. The molecule has 56 heavy (non-hydrogen) atoms. The minimum absolute atomic E-state index is 0.635. The number of para-hydroxylation sites is 1. The summed E-state index contributed by atoms with van der Waals surface area (Å²) in [5, 5.41) is 3.77. The Labute approximate surface area is 328 Å². The van der Waals surface area contributed by atoms with Crippen LogP contribution in [-0.4, -0.2) is 15.0 Å². The van der Waals surface area contributed by atoms with Gasteiger partial charge >= 0.3 is 0 Å². The molecule has 10 aromatic rings. The molecule has 11 rings (SSSR count). The van der Waals surface area contributed by atoms with E-state index in [-0.39, 0.29) is 0 Å². The minimum Gasteiger partial charge on any atom is -0.309 e. The molecule has 0 bridgehead atoms. The van der Waals surface area contributed by atoms with Crippen LogP contribution in [0.1, 0.15) is 0 Å². The summed E-state index contributed by atoms with van der Waals surface area (Å²) in [6.07, 6.45) is 0. The van der Waals surface area contributed by atoms with Crippen LogP contribution >= 0.6 is 11.3 Å². The maximum absolute atomic E-state index is 5.02. The summed E-state index contributed by atoms with van der Waals surface area (Å²) in [7, 11) is 0. The largest absolute Gasteiger partial charge is 0.309 e. The van der Waals surface area contributed by atoms with E-state index in [4.69, 9.17) is 15.0 Å². The van der Waals surface area contributed by atoms with E-state index in [1.165, 1.54) is 42.4 Å². The zero-order valence-corrected chi connectivity index (χ0v) is 31.0. The Morgan fingerprint density at radius 3 is 1.71 bits per heavy atom. The van der Waals surface area contributed by atoms with E-state index >= 15 is 0 Å². The van der Waals surface area contributed by atoms with Crippen LogP contribution in [0, 0.1) is 0 Å². The van der Waals surface area contributed by atoms with Crippen LogP contribution in [0.4, 0.5) is 17.1 Å². The SMILES string of the molecule is c1ccc(-c2nc(-c3ccccc3)nc(-c3cccc(-c4cccc(N5c6ccccc6-c6sc7ccccc7c6-c6c5ccc5ccccc65)c4)c3)n2)cc1. The Kier molecular flexibility index (Phi) is 7.64. The number of rotatable bonds is 5. The fourth-order valence-electron chi connectivity index (χ4n) is 8.06. The van der Waals surface area contributed by atoms with Gasteiger partial charge in [-0.15, -0.1) is 11.3 Å². The highest BCUT2D eigenvalue weighted by Gasteiger charge is 2.30. The van der Waals surface area contributed by atoms with Crippen molar-refractivity contribution in [3.63, 3.8) is 0 Å². The van der Waals surface area contributed by atoms with Gasteiger partial charge < -0.3 is 4.90 Å².